The number of hydrogen-bond donors (Lipinski definition) is 1. The van der Waals surface area contributed by atoms with Crippen LogP contribution in [0.3, 0.4) is 0 Å². The summed E-state index contributed by atoms with van der Waals surface area (Å²) in [6.07, 6.45) is 0. The first kappa shape index (κ1) is 17.3. The Labute approximate surface area is 129 Å². The number of benzene rings is 1. The number of amides is 1. The van der Waals surface area contributed by atoms with Gasteiger partial charge in [0.1, 0.15) is 11.8 Å². The van der Waals surface area contributed by atoms with E-state index in [1.54, 1.807) is 12.1 Å². The van der Waals surface area contributed by atoms with Crippen LogP contribution in [0.5, 0.6) is 5.75 Å². The lowest BCUT2D eigenvalue weighted by Gasteiger charge is -2.20. The van der Waals surface area contributed by atoms with Crippen LogP contribution in [0, 0.1) is 12.8 Å². The van der Waals surface area contributed by atoms with Crippen molar-refractivity contribution in [1.29, 1.82) is 0 Å². The van der Waals surface area contributed by atoms with Gasteiger partial charge in [0.15, 0.2) is 6.61 Å². The standard InChI is InChI=1S/C15H20ClNO4/c1-9(2)14(15(19)20-4)17-13(18)8-21-12-7-10(3)5-6-11(12)16/h5-7,9,14H,8H2,1-4H3,(H,17,18)/t14-/m1/s1. The van der Waals surface area contributed by atoms with Crippen LogP contribution in [-0.2, 0) is 14.3 Å². The molecule has 0 bridgehead atoms. The van der Waals surface area contributed by atoms with E-state index >= 15 is 0 Å². The summed E-state index contributed by atoms with van der Waals surface area (Å²) in [6.45, 7) is 5.32. The lowest BCUT2D eigenvalue weighted by Crippen LogP contribution is -2.46. The van der Waals surface area contributed by atoms with Crippen LogP contribution in [0.2, 0.25) is 5.02 Å². The molecule has 1 N–H and O–H groups in total. The van der Waals surface area contributed by atoms with Crippen molar-refractivity contribution in [3.63, 3.8) is 0 Å². The monoisotopic (exact) mass is 313 g/mol. The molecule has 6 heteroatoms. The van der Waals surface area contributed by atoms with Crippen LogP contribution in [0.1, 0.15) is 19.4 Å². The van der Waals surface area contributed by atoms with Gasteiger partial charge in [0, 0.05) is 0 Å². The largest absolute Gasteiger partial charge is 0.482 e. The number of methoxy groups -OCH3 is 1. The normalized spacial score (nSPS) is 11.9. The Morgan fingerprint density at radius 3 is 2.57 bits per heavy atom. The lowest BCUT2D eigenvalue weighted by atomic mass is 10.0. The Hall–Kier alpha value is -1.75. The zero-order valence-electron chi connectivity index (χ0n) is 12.6. The molecule has 0 fully saturated rings. The van der Waals surface area contributed by atoms with Crippen molar-refractivity contribution in [3.05, 3.63) is 28.8 Å². The third kappa shape index (κ3) is 5.27. The van der Waals surface area contributed by atoms with Crippen LogP contribution < -0.4 is 10.1 Å². The van der Waals surface area contributed by atoms with Crippen molar-refractivity contribution in [2.45, 2.75) is 26.8 Å². The van der Waals surface area contributed by atoms with Gasteiger partial charge in [-0.1, -0.05) is 31.5 Å². The van der Waals surface area contributed by atoms with Gasteiger partial charge in [-0.05, 0) is 30.5 Å². The quantitative estimate of drug-likeness (QED) is 0.819. The topological polar surface area (TPSA) is 64.6 Å². The molecule has 1 atom stereocenters. The van der Waals surface area contributed by atoms with E-state index < -0.39 is 17.9 Å². The Morgan fingerprint density at radius 2 is 2.00 bits per heavy atom. The van der Waals surface area contributed by atoms with Crippen molar-refractivity contribution in [2.75, 3.05) is 13.7 Å². The maximum atomic E-state index is 11.9. The number of carbonyl (C=O) groups is 2. The molecule has 5 nitrogen and oxygen atoms in total. The predicted octanol–water partition coefficient (Wildman–Crippen LogP) is 2.34. The second-order valence-electron chi connectivity index (χ2n) is 5.03. The summed E-state index contributed by atoms with van der Waals surface area (Å²) in [4.78, 5) is 23.4. The van der Waals surface area contributed by atoms with E-state index in [2.05, 4.69) is 10.1 Å². The van der Waals surface area contributed by atoms with Gasteiger partial charge in [-0.2, -0.15) is 0 Å². The van der Waals surface area contributed by atoms with Crippen molar-refractivity contribution in [1.82, 2.24) is 5.32 Å². The van der Waals surface area contributed by atoms with Gasteiger partial charge in [-0.25, -0.2) is 4.79 Å². The molecule has 0 aliphatic carbocycles. The summed E-state index contributed by atoms with van der Waals surface area (Å²) in [6, 6.07) is 4.60. The molecule has 0 aliphatic heterocycles. The van der Waals surface area contributed by atoms with E-state index in [4.69, 9.17) is 16.3 Å². The molecule has 0 saturated heterocycles. The molecule has 1 rings (SSSR count). The molecule has 1 aromatic rings. The minimum atomic E-state index is -0.695. The molecule has 0 heterocycles. The Kier molecular flexibility index (Phi) is 6.49. The summed E-state index contributed by atoms with van der Waals surface area (Å²) in [5, 5.41) is 3.02. The van der Waals surface area contributed by atoms with E-state index in [-0.39, 0.29) is 12.5 Å². The van der Waals surface area contributed by atoms with Gasteiger partial charge in [0.05, 0.1) is 12.1 Å². The number of rotatable bonds is 6. The highest BCUT2D eigenvalue weighted by Crippen LogP contribution is 2.25. The second-order valence-corrected chi connectivity index (χ2v) is 5.44. The molecule has 0 aliphatic rings. The molecule has 0 saturated carbocycles. The van der Waals surface area contributed by atoms with Crippen LogP contribution >= 0.6 is 11.6 Å². The molecule has 1 amide bonds. The Bertz CT molecular complexity index is 516. The number of esters is 1. The molecule has 1 aromatic carbocycles. The summed E-state index contributed by atoms with van der Waals surface area (Å²) < 4.78 is 10.0. The van der Waals surface area contributed by atoms with Crippen molar-refractivity contribution in [3.8, 4) is 5.75 Å². The highest BCUT2D eigenvalue weighted by molar-refractivity contribution is 6.32. The van der Waals surface area contributed by atoms with Gasteiger partial charge < -0.3 is 14.8 Å². The molecule has 116 valence electrons. The van der Waals surface area contributed by atoms with E-state index in [1.165, 1.54) is 7.11 Å². The number of nitrogens with one attached hydrogen (secondary N) is 1. The summed E-state index contributed by atoms with van der Waals surface area (Å²) in [5.74, 6) is -0.529. The molecule has 0 aromatic heterocycles. The van der Waals surface area contributed by atoms with Crippen LogP contribution in [0.15, 0.2) is 18.2 Å². The first-order valence-corrected chi connectivity index (χ1v) is 6.99. The van der Waals surface area contributed by atoms with Crippen molar-refractivity contribution < 1.29 is 19.1 Å². The molecular weight excluding hydrogens is 294 g/mol. The van der Waals surface area contributed by atoms with E-state index in [9.17, 15) is 9.59 Å². The molecule has 0 unspecified atom stereocenters. The SMILES string of the molecule is COC(=O)[C@H](NC(=O)COc1cc(C)ccc1Cl)C(C)C. The maximum absolute atomic E-state index is 11.9. The summed E-state index contributed by atoms with van der Waals surface area (Å²) in [5.41, 5.74) is 0.976. The minimum absolute atomic E-state index is 0.0797. The summed E-state index contributed by atoms with van der Waals surface area (Å²) >= 11 is 5.98. The third-order valence-electron chi connectivity index (χ3n) is 2.88. The van der Waals surface area contributed by atoms with Gasteiger partial charge in [0.2, 0.25) is 0 Å². The zero-order chi connectivity index (χ0) is 16.0. The fraction of sp³-hybridized carbons (Fsp3) is 0.467. The van der Waals surface area contributed by atoms with Gasteiger partial charge in [-0.3, -0.25) is 4.79 Å². The van der Waals surface area contributed by atoms with E-state index in [0.29, 0.717) is 10.8 Å². The van der Waals surface area contributed by atoms with Gasteiger partial charge in [0.25, 0.3) is 5.91 Å². The average molecular weight is 314 g/mol. The summed E-state index contributed by atoms with van der Waals surface area (Å²) in [7, 11) is 1.28. The average Bonchev–Trinajstić information content (AvgIpc) is 2.44. The van der Waals surface area contributed by atoms with Gasteiger partial charge in [-0.15, -0.1) is 0 Å². The molecule has 0 radical (unpaired) electrons. The third-order valence-corrected chi connectivity index (χ3v) is 3.20. The molecular formula is C15H20ClNO4. The predicted molar refractivity (Wildman–Crippen MR) is 80.5 cm³/mol. The molecule has 21 heavy (non-hydrogen) atoms. The highest BCUT2D eigenvalue weighted by Gasteiger charge is 2.24. The fourth-order valence-electron chi connectivity index (χ4n) is 1.70. The van der Waals surface area contributed by atoms with Gasteiger partial charge >= 0.3 is 5.97 Å². The Balaban J connectivity index is 2.61. The van der Waals surface area contributed by atoms with Crippen molar-refractivity contribution in [2.24, 2.45) is 5.92 Å². The smallest absolute Gasteiger partial charge is 0.328 e. The Morgan fingerprint density at radius 1 is 1.33 bits per heavy atom. The van der Waals surface area contributed by atoms with Crippen LogP contribution in [0.25, 0.3) is 0 Å². The first-order valence-electron chi connectivity index (χ1n) is 6.61. The number of halogens is 1. The van der Waals surface area contributed by atoms with E-state index in [1.807, 2.05) is 26.8 Å². The minimum Gasteiger partial charge on any atom is -0.482 e. The van der Waals surface area contributed by atoms with Crippen LogP contribution in [-0.4, -0.2) is 31.6 Å². The van der Waals surface area contributed by atoms with E-state index in [0.717, 1.165) is 5.56 Å². The lowest BCUT2D eigenvalue weighted by molar-refractivity contribution is -0.146. The first-order chi connectivity index (χ1) is 9.85. The fourth-order valence-corrected chi connectivity index (χ4v) is 1.88. The van der Waals surface area contributed by atoms with Crippen molar-refractivity contribution >= 4 is 23.5 Å². The van der Waals surface area contributed by atoms with Crippen LogP contribution in [0.4, 0.5) is 0 Å². The highest BCUT2D eigenvalue weighted by atomic mass is 35.5. The number of hydrogen-bond acceptors (Lipinski definition) is 4. The second kappa shape index (κ2) is 7.88. The number of carbonyl (C=O) groups excluding carboxylic acids is 2. The number of aryl methyl sites for hydroxylation is 1. The number of ether oxygens (including phenoxy) is 2. The zero-order valence-corrected chi connectivity index (χ0v) is 13.4. The maximum Gasteiger partial charge on any atom is 0.328 e. The molecule has 0 spiro atoms.